The van der Waals surface area contributed by atoms with Gasteiger partial charge in [0, 0.05) is 48.1 Å². The summed E-state index contributed by atoms with van der Waals surface area (Å²) in [5.74, 6) is -0.755. The van der Waals surface area contributed by atoms with Gasteiger partial charge >= 0.3 is 5.97 Å². The molecule has 0 amide bonds. The summed E-state index contributed by atoms with van der Waals surface area (Å²) in [5, 5.41) is 21.1. The predicted octanol–water partition coefficient (Wildman–Crippen LogP) is 5.10. The highest BCUT2D eigenvalue weighted by molar-refractivity contribution is 6.06. The molecular weight excluding hydrogens is 461 g/mol. The number of aromatic nitrogens is 3. The van der Waals surface area contributed by atoms with Gasteiger partial charge < -0.3 is 19.1 Å². The number of hydrogen-bond acceptors (Lipinski definition) is 5. The van der Waals surface area contributed by atoms with Gasteiger partial charge in [-0.25, -0.2) is 9.18 Å². The number of esters is 1. The van der Waals surface area contributed by atoms with Crippen LogP contribution in [0.25, 0.3) is 38.6 Å². The van der Waals surface area contributed by atoms with Crippen molar-refractivity contribution in [2.45, 2.75) is 18.4 Å². The summed E-state index contributed by atoms with van der Waals surface area (Å²) >= 11 is 0. The Morgan fingerprint density at radius 3 is 2.53 bits per heavy atom. The van der Waals surface area contributed by atoms with Crippen molar-refractivity contribution in [1.29, 1.82) is 0 Å². The fourth-order valence-electron chi connectivity index (χ4n) is 5.15. The number of aliphatic hydroxyl groups is 1. The second kappa shape index (κ2) is 8.58. The van der Waals surface area contributed by atoms with E-state index in [1.54, 1.807) is 30.5 Å². The number of carbonyl (C=O) groups is 1. The predicted molar refractivity (Wildman–Crippen MR) is 134 cm³/mol. The molecule has 182 valence electrons. The highest BCUT2D eigenvalue weighted by Crippen LogP contribution is 2.46. The molecule has 7 nitrogen and oxygen atoms in total. The van der Waals surface area contributed by atoms with Gasteiger partial charge in [0.25, 0.3) is 0 Å². The molecule has 3 aromatic carbocycles. The van der Waals surface area contributed by atoms with E-state index in [0.29, 0.717) is 37.3 Å². The van der Waals surface area contributed by atoms with E-state index >= 15 is 0 Å². The first-order chi connectivity index (χ1) is 17.5. The average molecular weight is 486 g/mol. The van der Waals surface area contributed by atoms with Crippen LogP contribution in [0.3, 0.4) is 0 Å². The maximum Gasteiger partial charge on any atom is 0.337 e. The van der Waals surface area contributed by atoms with E-state index in [9.17, 15) is 14.3 Å². The average Bonchev–Trinajstić information content (AvgIpc) is 3.50. The standard InChI is InChI=1S/C28H24FN3O4/c1-35-27(33)18-4-2-17(3-5-18)25-22-15-23-19(16-30-31-23)14-24(22)32(21-8-6-20(29)7-9-21)26(25)28(34)10-12-36-13-11-28/h2-9,14-16,34H,10-13H2,1H3,(H,30,31). The minimum atomic E-state index is -1.19. The van der Waals surface area contributed by atoms with Crippen molar-refractivity contribution in [1.82, 2.24) is 14.8 Å². The van der Waals surface area contributed by atoms with E-state index < -0.39 is 11.6 Å². The number of halogens is 1. The quantitative estimate of drug-likeness (QED) is 0.346. The molecule has 0 atom stereocenters. The summed E-state index contributed by atoms with van der Waals surface area (Å²) < 4.78 is 26.3. The first kappa shape index (κ1) is 22.5. The van der Waals surface area contributed by atoms with Crippen LogP contribution in [0.4, 0.5) is 4.39 Å². The molecular formula is C28H24FN3O4. The number of methoxy groups -OCH3 is 1. The minimum Gasteiger partial charge on any atom is -0.465 e. The molecule has 0 unspecified atom stereocenters. The zero-order chi connectivity index (χ0) is 24.9. The van der Waals surface area contributed by atoms with E-state index in [4.69, 9.17) is 9.47 Å². The van der Waals surface area contributed by atoms with E-state index in [2.05, 4.69) is 10.2 Å². The zero-order valence-corrected chi connectivity index (χ0v) is 19.6. The number of nitrogens with zero attached hydrogens (tertiary/aromatic N) is 2. The third kappa shape index (κ3) is 3.57. The largest absolute Gasteiger partial charge is 0.465 e. The van der Waals surface area contributed by atoms with Crippen molar-refractivity contribution in [2.75, 3.05) is 20.3 Å². The number of H-pyrrole nitrogens is 1. The lowest BCUT2D eigenvalue weighted by Crippen LogP contribution is -2.35. The molecule has 6 rings (SSSR count). The van der Waals surface area contributed by atoms with Crippen LogP contribution in [0.5, 0.6) is 0 Å². The van der Waals surface area contributed by atoms with E-state index in [1.807, 2.05) is 28.8 Å². The van der Waals surface area contributed by atoms with Gasteiger partial charge in [-0.05, 0) is 54.1 Å². The Bertz CT molecular complexity index is 1580. The Balaban J connectivity index is 1.72. The van der Waals surface area contributed by atoms with Gasteiger partial charge in [0.05, 0.1) is 35.6 Å². The number of rotatable bonds is 4. The fraction of sp³-hybridized carbons (Fsp3) is 0.214. The number of nitrogens with one attached hydrogen (secondary N) is 1. The maximum absolute atomic E-state index is 13.9. The van der Waals surface area contributed by atoms with E-state index in [-0.39, 0.29) is 5.82 Å². The van der Waals surface area contributed by atoms with Crippen LogP contribution in [0.2, 0.25) is 0 Å². The summed E-state index contributed by atoms with van der Waals surface area (Å²) in [4.78, 5) is 12.1. The van der Waals surface area contributed by atoms with E-state index in [0.717, 1.165) is 38.6 Å². The van der Waals surface area contributed by atoms with Gasteiger partial charge in [0.2, 0.25) is 0 Å². The summed E-state index contributed by atoms with van der Waals surface area (Å²) in [6.07, 6.45) is 2.58. The number of hydrogen-bond donors (Lipinski definition) is 2. The third-order valence-corrected chi connectivity index (χ3v) is 6.97. The molecule has 3 heterocycles. The molecule has 2 aromatic heterocycles. The van der Waals surface area contributed by atoms with Crippen LogP contribution in [0.1, 0.15) is 28.9 Å². The number of aromatic amines is 1. The fourth-order valence-corrected chi connectivity index (χ4v) is 5.15. The van der Waals surface area contributed by atoms with Crippen molar-refractivity contribution in [3.8, 4) is 16.8 Å². The monoisotopic (exact) mass is 485 g/mol. The summed E-state index contributed by atoms with van der Waals surface area (Å²) in [5.41, 5.74) is 4.08. The summed E-state index contributed by atoms with van der Waals surface area (Å²) in [6.45, 7) is 0.847. The number of benzene rings is 3. The van der Waals surface area contributed by atoms with Gasteiger partial charge in [-0.1, -0.05) is 12.1 Å². The Kier molecular flexibility index (Phi) is 5.35. The molecule has 1 saturated heterocycles. The summed E-state index contributed by atoms with van der Waals surface area (Å²) in [6, 6.07) is 17.5. The van der Waals surface area contributed by atoms with Gasteiger partial charge in [0.1, 0.15) is 11.4 Å². The Morgan fingerprint density at radius 1 is 1.11 bits per heavy atom. The van der Waals surface area contributed by atoms with Crippen molar-refractivity contribution in [3.05, 3.63) is 83.9 Å². The van der Waals surface area contributed by atoms with Crippen molar-refractivity contribution in [2.24, 2.45) is 0 Å². The smallest absolute Gasteiger partial charge is 0.337 e. The number of carbonyl (C=O) groups excluding carboxylic acids is 1. The molecule has 2 N–H and O–H groups in total. The normalized spacial score (nSPS) is 15.4. The van der Waals surface area contributed by atoms with Crippen LogP contribution >= 0.6 is 0 Å². The first-order valence-corrected chi connectivity index (χ1v) is 11.8. The maximum atomic E-state index is 13.9. The van der Waals surface area contributed by atoms with Crippen molar-refractivity contribution >= 4 is 27.8 Å². The molecule has 5 aromatic rings. The lowest BCUT2D eigenvalue weighted by molar-refractivity contribution is -0.0708. The highest BCUT2D eigenvalue weighted by atomic mass is 19.1. The number of fused-ring (bicyclic) bond motifs is 2. The zero-order valence-electron chi connectivity index (χ0n) is 19.6. The van der Waals surface area contributed by atoms with Gasteiger partial charge in [0.15, 0.2) is 0 Å². The SMILES string of the molecule is COC(=O)c1ccc(-c2c(C3(O)CCOCC3)n(-c3ccc(F)cc3)c3cc4cn[nH]c4cc23)cc1. The molecule has 1 aliphatic heterocycles. The Morgan fingerprint density at radius 2 is 1.83 bits per heavy atom. The first-order valence-electron chi connectivity index (χ1n) is 11.8. The highest BCUT2D eigenvalue weighted by Gasteiger charge is 2.39. The Hall–Kier alpha value is -4.01. The summed E-state index contributed by atoms with van der Waals surface area (Å²) in [7, 11) is 1.35. The lowest BCUT2D eigenvalue weighted by atomic mass is 9.85. The molecule has 1 fully saturated rings. The topological polar surface area (TPSA) is 89.4 Å². The molecule has 8 heteroatoms. The lowest BCUT2D eigenvalue weighted by Gasteiger charge is -2.34. The van der Waals surface area contributed by atoms with Gasteiger partial charge in [-0.15, -0.1) is 0 Å². The minimum absolute atomic E-state index is 0.336. The van der Waals surface area contributed by atoms with Crippen molar-refractivity contribution < 1.29 is 23.8 Å². The molecule has 36 heavy (non-hydrogen) atoms. The van der Waals surface area contributed by atoms with Crippen LogP contribution in [0, 0.1) is 5.82 Å². The molecule has 0 aliphatic carbocycles. The van der Waals surface area contributed by atoms with E-state index in [1.165, 1.54) is 19.2 Å². The van der Waals surface area contributed by atoms with Crippen LogP contribution < -0.4 is 0 Å². The molecule has 0 saturated carbocycles. The number of ether oxygens (including phenoxy) is 2. The molecule has 0 radical (unpaired) electrons. The van der Waals surface area contributed by atoms with Crippen LogP contribution in [-0.4, -0.2) is 46.2 Å². The van der Waals surface area contributed by atoms with Crippen molar-refractivity contribution in [3.63, 3.8) is 0 Å². The second-order valence-corrected chi connectivity index (χ2v) is 9.07. The van der Waals surface area contributed by atoms with Gasteiger partial charge in [-0.3, -0.25) is 5.10 Å². The molecule has 1 aliphatic rings. The molecule has 0 bridgehead atoms. The third-order valence-electron chi connectivity index (χ3n) is 6.97. The van der Waals surface area contributed by atoms with Crippen LogP contribution in [0.15, 0.2) is 66.9 Å². The van der Waals surface area contributed by atoms with Crippen LogP contribution in [-0.2, 0) is 15.1 Å². The molecule has 0 spiro atoms. The van der Waals surface area contributed by atoms with Gasteiger partial charge in [-0.2, -0.15) is 5.10 Å². The second-order valence-electron chi connectivity index (χ2n) is 9.07. The Labute approximate surface area is 206 Å².